The van der Waals surface area contributed by atoms with E-state index in [-0.39, 0.29) is 23.9 Å². The Morgan fingerprint density at radius 3 is 2.77 bits per heavy atom. The summed E-state index contributed by atoms with van der Waals surface area (Å²) in [5, 5.41) is 2.87. The monoisotopic (exact) mass is 310 g/mol. The first-order valence-electron chi connectivity index (χ1n) is 7.70. The zero-order chi connectivity index (χ0) is 15.8. The molecule has 1 heterocycles. The van der Waals surface area contributed by atoms with Crippen molar-refractivity contribution in [2.24, 2.45) is 5.73 Å². The lowest BCUT2D eigenvalue weighted by molar-refractivity contribution is -0.131. The Kier molecular flexibility index (Phi) is 6.61. The number of hydrogen-bond acceptors (Lipinski definition) is 4. The van der Waals surface area contributed by atoms with Crippen molar-refractivity contribution in [3.63, 3.8) is 0 Å². The summed E-state index contributed by atoms with van der Waals surface area (Å²) in [5.74, 6) is 0.314. The molecule has 122 valence electrons. The molecule has 1 aliphatic heterocycles. The third-order valence-electron chi connectivity index (χ3n) is 3.62. The van der Waals surface area contributed by atoms with Crippen LogP contribution in [0.25, 0.3) is 0 Å². The molecule has 22 heavy (non-hydrogen) atoms. The van der Waals surface area contributed by atoms with Crippen LogP contribution in [0.5, 0.6) is 5.75 Å². The van der Waals surface area contributed by atoms with Gasteiger partial charge in [-0.1, -0.05) is 0 Å². The summed E-state index contributed by atoms with van der Waals surface area (Å²) in [5.41, 5.74) is 5.52. The van der Waals surface area contributed by atoms with Gasteiger partial charge >= 0.3 is 0 Å². The number of unbranched alkanes of at least 4 members (excludes halogenated alkanes) is 1. The smallest absolute Gasteiger partial charge is 0.249 e. The minimum Gasteiger partial charge on any atom is -0.494 e. The highest BCUT2D eigenvalue weighted by molar-refractivity contribution is 5.80. The fraction of sp³-hybridized carbons (Fsp3) is 0.562. The summed E-state index contributed by atoms with van der Waals surface area (Å²) in [6.07, 6.45) is 2.87. The molecule has 1 saturated heterocycles. The molecule has 2 rings (SSSR count). The number of ether oxygens (including phenoxy) is 2. The van der Waals surface area contributed by atoms with Crippen LogP contribution in [0.4, 0.5) is 4.39 Å². The molecule has 1 amide bonds. The van der Waals surface area contributed by atoms with Gasteiger partial charge in [0.25, 0.3) is 0 Å². The van der Waals surface area contributed by atoms with Gasteiger partial charge in [0.05, 0.1) is 12.7 Å². The zero-order valence-corrected chi connectivity index (χ0v) is 12.6. The van der Waals surface area contributed by atoms with Crippen LogP contribution in [0.3, 0.4) is 0 Å². The van der Waals surface area contributed by atoms with Crippen LogP contribution in [-0.4, -0.2) is 37.8 Å². The molecule has 1 aromatic rings. The molecular weight excluding hydrogens is 287 g/mol. The van der Waals surface area contributed by atoms with E-state index >= 15 is 0 Å². The minimum atomic E-state index is -0.357. The second-order valence-electron chi connectivity index (χ2n) is 5.36. The number of hydrogen-bond donors (Lipinski definition) is 2. The summed E-state index contributed by atoms with van der Waals surface area (Å²) < 4.78 is 23.7. The fourth-order valence-electron chi connectivity index (χ4n) is 2.35. The van der Waals surface area contributed by atoms with Crippen molar-refractivity contribution in [2.75, 3.05) is 19.7 Å². The van der Waals surface area contributed by atoms with Gasteiger partial charge < -0.3 is 20.5 Å². The van der Waals surface area contributed by atoms with E-state index in [0.29, 0.717) is 25.4 Å². The summed E-state index contributed by atoms with van der Waals surface area (Å²) in [4.78, 5) is 11.8. The molecule has 3 N–H and O–H groups in total. The van der Waals surface area contributed by atoms with Gasteiger partial charge in [0.1, 0.15) is 17.7 Å². The lowest BCUT2D eigenvalue weighted by Crippen LogP contribution is -2.36. The third-order valence-corrected chi connectivity index (χ3v) is 3.62. The molecule has 2 atom stereocenters. The van der Waals surface area contributed by atoms with Crippen LogP contribution >= 0.6 is 0 Å². The van der Waals surface area contributed by atoms with Gasteiger partial charge in [-0.2, -0.15) is 0 Å². The highest BCUT2D eigenvalue weighted by atomic mass is 19.1. The molecule has 0 spiro atoms. The van der Waals surface area contributed by atoms with E-state index in [4.69, 9.17) is 15.2 Å². The predicted molar refractivity (Wildman–Crippen MR) is 81.1 cm³/mol. The Hall–Kier alpha value is -1.66. The number of benzene rings is 1. The number of nitrogens with one attached hydrogen (secondary N) is 1. The summed E-state index contributed by atoms with van der Waals surface area (Å²) in [6, 6.07) is 5.93. The van der Waals surface area contributed by atoms with Gasteiger partial charge in [-0.05, 0) is 49.9 Å². The molecule has 1 aliphatic rings. The Labute approximate surface area is 130 Å². The molecule has 0 aliphatic carbocycles. The maximum atomic E-state index is 12.7. The number of halogens is 1. The molecule has 1 fully saturated rings. The number of carbonyl (C=O) groups excluding carboxylic acids is 1. The zero-order valence-electron chi connectivity index (χ0n) is 12.6. The normalized spacial score (nSPS) is 20.8. The number of nitrogens with two attached hydrogens (primary N) is 1. The summed E-state index contributed by atoms with van der Waals surface area (Å²) >= 11 is 0. The number of carbonyl (C=O) groups is 1. The van der Waals surface area contributed by atoms with Crippen molar-refractivity contribution in [3.8, 4) is 5.75 Å². The van der Waals surface area contributed by atoms with Crippen LogP contribution in [0.1, 0.15) is 25.7 Å². The van der Waals surface area contributed by atoms with E-state index < -0.39 is 0 Å². The standard InChI is InChI=1S/C16H23FN2O3/c17-12-3-5-13(6-4-12)21-10-2-1-9-19-16(20)15-8-7-14(11-18)22-15/h3-6,14-15H,1-2,7-11,18H2,(H,19,20)/t14-,15+/m1/s1. The topological polar surface area (TPSA) is 73.6 Å². The molecule has 5 nitrogen and oxygen atoms in total. The van der Waals surface area contributed by atoms with Gasteiger partial charge in [-0.15, -0.1) is 0 Å². The van der Waals surface area contributed by atoms with Gasteiger partial charge in [-0.25, -0.2) is 4.39 Å². The van der Waals surface area contributed by atoms with Gasteiger partial charge in [-0.3, -0.25) is 4.79 Å². The lowest BCUT2D eigenvalue weighted by atomic mass is 10.2. The average Bonchev–Trinajstić information content (AvgIpc) is 3.01. The summed E-state index contributed by atoms with van der Waals surface area (Å²) in [6.45, 7) is 1.60. The molecule has 0 saturated carbocycles. The minimum absolute atomic E-state index is 0.0138. The van der Waals surface area contributed by atoms with Crippen molar-refractivity contribution in [1.82, 2.24) is 5.32 Å². The van der Waals surface area contributed by atoms with Crippen LogP contribution in [0.15, 0.2) is 24.3 Å². The van der Waals surface area contributed by atoms with E-state index in [2.05, 4.69) is 5.32 Å². The quantitative estimate of drug-likeness (QED) is 0.715. The maximum absolute atomic E-state index is 12.7. The maximum Gasteiger partial charge on any atom is 0.249 e. The molecule has 6 heteroatoms. The van der Waals surface area contributed by atoms with Gasteiger partial charge in [0, 0.05) is 13.1 Å². The van der Waals surface area contributed by atoms with E-state index in [9.17, 15) is 9.18 Å². The number of amides is 1. The molecule has 0 bridgehead atoms. The van der Waals surface area contributed by atoms with Crippen molar-refractivity contribution in [1.29, 1.82) is 0 Å². The number of rotatable bonds is 8. The van der Waals surface area contributed by atoms with Crippen LogP contribution in [0, 0.1) is 5.82 Å². The van der Waals surface area contributed by atoms with E-state index in [1.165, 1.54) is 12.1 Å². The fourth-order valence-corrected chi connectivity index (χ4v) is 2.35. The van der Waals surface area contributed by atoms with Gasteiger partial charge in [0.2, 0.25) is 5.91 Å². The molecular formula is C16H23FN2O3. The van der Waals surface area contributed by atoms with Crippen molar-refractivity contribution >= 4 is 5.91 Å². The largest absolute Gasteiger partial charge is 0.494 e. The Morgan fingerprint density at radius 1 is 1.32 bits per heavy atom. The predicted octanol–water partition coefficient (Wildman–Crippen LogP) is 1.61. The van der Waals surface area contributed by atoms with Crippen molar-refractivity contribution < 1.29 is 18.7 Å². The molecule has 1 aromatic carbocycles. The van der Waals surface area contributed by atoms with Crippen LogP contribution < -0.4 is 15.8 Å². The summed E-state index contributed by atoms with van der Waals surface area (Å²) in [7, 11) is 0. The van der Waals surface area contributed by atoms with E-state index in [0.717, 1.165) is 25.7 Å². The van der Waals surface area contributed by atoms with E-state index in [1.807, 2.05) is 0 Å². The second-order valence-corrected chi connectivity index (χ2v) is 5.36. The third kappa shape index (κ3) is 5.27. The first-order valence-corrected chi connectivity index (χ1v) is 7.70. The Bertz CT molecular complexity index is 467. The first-order chi connectivity index (χ1) is 10.7. The highest BCUT2D eigenvalue weighted by Gasteiger charge is 2.29. The van der Waals surface area contributed by atoms with Crippen molar-refractivity contribution in [2.45, 2.75) is 37.9 Å². The highest BCUT2D eigenvalue weighted by Crippen LogP contribution is 2.18. The van der Waals surface area contributed by atoms with E-state index in [1.54, 1.807) is 12.1 Å². The average molecular weight is 310 g/mol. The Balaban J connectivity index is 1.52. The second kappa shape index (κ2) is 8.70. The van der Waals surface area contributed by atoms with Crippen molar-refractivity contribution in [3.05, 3.63) is 30.1 Å². The molecule has 0 aromatic heterocycles. The SMILES string of the molecule is NC[C@H]1CC[C@@H](C(=O)NCCCCOc2ccc(F)cc2)O1. The van der Waals surface area contributed by atoms with Crippen LogP contribution in [0.2, 0.25) is 0 Å². The Morgan fingerprint density at radius 2 is 2.09 bits per heavy atom. The molecule has 0 radical (unpaired) electrons. The van der Waals surface area contributed by atoms with Gasteiger partial charge in [0.15, 0.2) is 0 Å². The lowest BCUT2D eigenvalue weighted by Gasteiger charge is -2.12. The molecule has 0 unspecified atom stereocenters. The van der Waals surface area contributed by atoms with Crippen LogP contribution in [-0.2, 0) is 9.53 Å². The first kappa shape index (κ1) is 16.7.